The molecule has 0 saturated heterocycles. The van der Waals surface area contributed by atoms with Crippen LogP contribution in [0.4, 0.5) is 4.79 Å². The number of carbonyl (C=O) groups is 1. The van der Waals surface area contributed by atoms with E-state index in [-0.39, 0.29) is 12.1 Å². The van der Waals surface area contributed by atoms with Gasteiger partial charge in [0.05, 0.1) is 20.3 Å². The van der Waals surface area contributed by atoms with E-state index in [0.717, 1.165) is 16.9 Å². The van der Waals surface area contributed by atoms with Gasteiger partial charge in [0.1, 0.15) is 0 Å². The summed E-state index contributed by atoms with van der Waals surface area (Å²) in [5, 5.41) is 7.80. The molecule has 124 valence electrons. The summed E-state index contributed by atoms with van der Waals surface area (Å²) in [5.41, 5.74) is 1.08. The molecule has 1 aromatic carbocycles. The number of methoxy groups -OCH3 is 2. The lowest BCUT2D eigenvalue weighted by atomic mass is 10.1. The summed E-state index contributed by atoms with van der Waals surface area (Å²) in [4.78, 5) is 13.0. The van der Waals surface area contributed by atoms with Crippen LogP contribution in [-0.2, 0) is 6.42 Å². The average Bonchev–Trinajstić information content (AvgIpc) is 3.09. The number of ether oxygens (including phenoxy) is 2. The van der Waals surface area contributed by atoms with Crippen molar-refractivity contribution in [2.75, 3.05) is 20.8 Å². The van der Waals surface area contributed by atoms with Crippen LogP contribution in [0, 0.1) is 0 Å². The van der Waals surface area contributed by atoms with Crippen LogP contribution >= 0.6 is 11.3 Å². The van der Waals surface area contributed by atoms with E-state index >= 15 is 0 Å². The summed E-state index contributed by atoms with van der Waals surface area (Å²) in [6.07, 6.45) is 0.723. The predicted molar refractivity (Wildman–Crippen MR) is 92.5 cm³/mol. The Balaban J connectivity index is 1.79. The van der Waals surface area contributed by atoms with Gasteiger partial charge in [-0.3, -0.25) is 0 Å². The number of hydrogen-bond donors (Lipinski definition) is 2. The zero-order valence-electron chi connectivity index (χ0n) is 13.6. The molecule has 0 bridgehead atoms. The molecule has 2 rings (SSSR count). The minimum atomic E-state index is -0.161. The van der Waals surface area contributed by atoms with E-state index in [0.29, 0.717) is 18.0 Å². The van der Waals surface area contributed by atoms with E-state index in [1.165, 1.54) is 0 Å². The van der Waals surface area contributed by atoms with Crippen molar-refractivity contribution in [3.8, 4) is 11.5 Å². The monoisotopic (exact) mass is 334 g/mol. The first-order valence-corrected chi connectivity index (χ1v) is 8.30. The van der Waals surface area contributed by atoms with Gasteiger partial charge in [-0.2, -0.15) is 0 Å². The van der Waals surface area contributed by atoms with Gasteiger partial charge in [0.2, 0.25) is 0 Å². The van der Waals surface area contributed by atoms with E-state index < -0.39 is 0 Å². The maximum atomic E-state index is 11.9. The number of hydrogen-bond acceptors (Lipinski definition) is 4. The smallest absolute Gasteiger partial charge is 0.315 e. The minimum Gasteiger partial charge on any atom is -0.493 e. The van der Waals surface area contributed by atoms with E-state index in [2.05, 4.69) is 10.6 Å². The summed E-state index contributed by atoms with van der Waals surface area (Å²) in [5.74, 6) is 1.40. The highest BCUT2D eigenvalue weighted by atomic mass is 32.1. The Morgan fingerprint density at radius 1 is 1.22 bits per heavy atom. The zero-order chi connectivity index (χ0) is 16.7. The lowest BCUT2D eigenvalue weighted by molar-refractivity contribution is 0.238. The summed E-state index contributed by atoms with van der Waals surface area (Å²) in [7, 11) is 3.22. The van der Waals surface area contributed by atoms with Gasteiger partial charge in [0.15, 0.2) is 11.5 Å². The first-order valence-electron chi connectivity index (χ1n) is 7.42. The third kappa shape index (κ3) is 4.89. The lowest BCUT2D eigenvalue weighted by Crippen LogP contribution is -2.37. The van der Waals surface area contributed by atoms with Gasteiger partial charge in [-0.25, -0.2) is 4.79 Å². The predicted octanol–water partition coefficient (Wildman–Crippen LogP) is 3.37. The molecular formula is C17H22N2O3S. The summed E-state index contributed by atoms with van der Waals surface area (Å²) in [6, 6.07) is 9.60. The van der Waals surface area contributed by atoms with Crippen molar-refractivity contribution in [2.45, 2.75) is 19.4 Å². The molecule has 6 heteroatoms. The number of thiophene rings is 1. The molecule has 0 spiro atoms. The standard InChI is InChI=1S/C17H22N2O3S/c1-12(16-5-4-10-23-16)19-17(20)18-9-8-13-6-7-14(21-2)15(11-13)22-3/h4-7,10-12H,8-9H2,1-3H3,(H2,18,19,20). The molecular weight excluding hydrogens is 312 g/mol. The van der Waals surface area contributed by atoms with E-state index in [4.69, 9.17) is 9.47 Å². The Labute approximate surface area is 140 Å². The molecule has 1 aromatic heterocycles. The Kier molecular flexibility index (Phi) is 6.29. The lowest BCUT2D eigenvalue weighted by Gasteiger charge is -2.13. The van der Waals surface area contributed by atoms with Crippen molar-refractivity contribution in [1.29, 1.82) is 0 Å². The van der Waals surface area contributed by atoms with E-state index in [9.17, 15) is 4.79 Å². The molecule has 0 aliphatic carbocycles. The summed E-state index contributed by atoms with van der Waals surface area (Å²) >= 11 is 1.63. The largest absolute Gasteiger partial charge is 0.493 e. The second kappa shape index (κ2) is 8.43. The van der Waals surface area contributed by atoms with Crippen molar-refractivity contribution < 1.29 is 14.3 Å². The first kappa shape index (κ1) is 17.1. The molecule has 0 radical (unpaired) electrons. The normalized spacial score (nSPS) is 11.6. The third-order valence-electron chi connectivity index (χ3n) is 3.46. The molecule has 23 heavy (non-hydrogen) atoms. The number of benzene rings is 1. The molecule has 0 aliphatic heterocycles. The molecule has 0 fully saturated rings. The number of rotatable bonds is 7. The Morgan fingerprint density at radius 3 is 2.65 bits per heavy atom. The van der Waals surface area contributed by atoms with Crippen LogP contribution in [0.5, 0.6) is 11.5 Å². The van der Waals surface area contributed by atoms with Crippen LogP contribution in [0.25, 0.3) is 0 Å². The third-order valence-corrected chi connectivity index (χ3v) is 4.52. The number of carbonyl (C=O) groups excluding carboxylic acids is 1. The van der Waals surface area contributed by atoms with Crippen LogP contribution in [0.15, 0.2) is 35.7 Å². The maximum absolute atomic E-state index is 11.9. The Hall–Kier alpha value is -2.21. The van der Waals surface area contributed by atoms with Crippen LogP contribution in [0.2, 0.25) is 0 Å². The van der Waals surface area contributed by atoms with Crippen molar-refractivity contribution in [3.63, 3.8) is 0 Å². The fraction of sp³-hybridized carbons (Fsp3) is 0.353. The first-order chi connectivity index (χ1) is 11.1. The molecule has 1 heterocycles. The molecule has 1 unspecified atom stereocenters. The van der Waals surface area contributed by atoms with Crippen LogP contribution < -0.4 is 20.1 Å². The molecule has 0 saturated carbocycles. The van der Waals surface area contributed by atoms with Gasteiger partial charge in [0, 0.05) is 11.4 Å². The van der Waals surface area contributed by atoms with E-state index in [1.54, 1.807) is 25.6 Å². The molecule has 2 N–H and O–H groups in total. The fourth-order valence-electron chi connectivity index (χ4n) is 2.21. The quantitative estimate of drug-likeness (QED) is 0.816. The molecule has 2 amide bonds. The average molecular weight is 334 g/mol. The number of urea groups is 1. The van der Waals surface area contributed by atoms with Crippen molar-refractivity contribution in [3.05, 3.63) is 46.2 Å². The van der Waals surface area contributed by atoms with Gasteiger partial charge in [-0.1, -0.05) is 12.1 Å². The molecule has 0 aliphatic rings. The molecule has 5 nitrogen and oxygen atoms in total. The van der Waals surface area contributed by atoms with Gasteiger partial charge >= 0.3 is 6.03 Å². The highest BCUT2D eigenvalue weighted by molar-refractivity contribution is 7.10. The van der Waals surface area contributed by atoms with Crippen LogP contribution in [-0.4, -0.2) is 26.8 Å². The van der Waals surface area contributed by atoms with Crippen molar-refractivity contribution in [2.24, 2.45) is 0 Å². The van der Waals surface area contributed by atoms with Crippen LogP contribution in [0.1, 0.15) is 23.4 Å². The van der Waals surface area contributed by atoms with Gasteiger partial charge in [0.25, 0.3) is 0 Å². The maximum Gasteiger partial charge on any atom is 0.315 e. The number of amides is 2. The Morgan fingerprint density at radius 2 is 2.00 bits per heavy atom. The fourth-order valence-corrected chi connectivity index (χ4v) is 2.95. The van der Waals surface area contributed by atoms with Crippen molar-refractivity contribution >= 4 is 17.4 Å². The highest BCUT2D eigenvalue weighted by Gasteiger charge is 2.10. The zero-order valence-corrected chi connectivity index (χ0v) is 14.4. The minimum absolute atomic E-state index is 0.0103. The SMILES string of the molecule is COc1ccc(CCNC(=O)NC(C)c2cccs2)cc1OC. The van der Waals surface area contributed by atoms with Gasteiger partial charge < -0.3 is 20.1 Å². The highest BCUT2D eigenvalue weighted by Crippen LogP contribution is 2.27. The van der Waals surface area contributed by atoms with Crippen molar-refractivity contribution in [1.82, 2.24) is 10.6 Å². The Bertz CT molecular complexity index is 629. The van der Waals surface area contributed by atoms with Crippen LogP contribution in [0.3, 0.4) is 0 Å². The molecule has 1 atom stereocenters. The second-order valence-corrected chi connectivity index (χ2v) is 6.06. The van der Waals surface area contributed by atoms with Gasteiger partial charge in [-0.15, -0.1) is 11.3 Å². The summed E-state index contributed by atoms with van der Waals surface area (Å²) < 4.78 is 10.5. The van der Waals surface area contributed by atoms with Gasteiger partial charge in [-0.05, 0) is 42.5 Å². The second-order valence-electron chi connectivity index (χ2n) is 5.08. The number of nitrogens with one attached hydrogen (secondary N) is 2. The van der Waals surface area contributed by atoms with E-state index in [1.807, 2.05) is 42.6 Å². The summed E-state index contributed by atoms with van der Waals surface area (Å²) in [6.45, 7) is 2.53. The topological polar surface area (TPSA) is 59.6 Å². The molecule has 2 aromatic rings.